The molecule has 1 aliphatic heterocycles. The first-order valence-corrected chi connectivity index (χ1v) is 5.80. The van der Waals surface area contributed by atoms with E-state index >= 15 is 0 Å². The van der Waals surface area contributed by atoms with Gasteiger partial charge in [0.15, 0.2) is 0 Å². The van der Waals surface area contributed by atoms with Crippen LogP contribution >= 0.6 is 11.6 Å². The van der Waals surface area contributed by atoms with Crippen LogP contribution in [0.2, 0.25) is 5.02 Å². The van der Waals surface area contributed by atoms with Crippen LogP contribution in [0.25, 0.3) is 0 Å². The van der Waals surface area contributed by atoms with E-state index in [1.54, 1.807) is 23.1 Å². The number of likely N-dealkylation sites (N-methyl/N-ethyl adjacent to an activating group) is 1. The van der Waals surface area contributed by atoms with E-state index in [0.29, 0.717) is 11.6 Å². The van der Waals surface area contributed by atoms with Gasteiger partial charge in [0.2, 0.25) is 5.91 Å². The smallest absolute Gasteiger partial charge is 0.254 e. The van der Waals surface area contributed by atoms with Crippen LogP contribution in [0.15, 0.2) is 18.2 Å². The molecule has 1 heterocycles. The molecule has 1 N–H and O–H groups in total. The lowest BCUT2D eigenvalue weighted by atomic mass is 10.1. The van der Waals surface area contributed by atoms with Gasteiger partial charge < -0.3 is 10.2 Å². The summed E-state index contributed by atoms with van der Waals surface area (Å²) in [6, 6.07) is 4.67. The Kier molecular flexibility index (Phi) is 3.07. The minimum absolute atomic E-state index is 0.111. The number of benzene rings is 1. The lowest BCUT2D eigenvalue weighted by Crippen LogP contribution is -2.36. The predicted molar refractivity (Wildman–Crippen MR) is 66.0 cm³/mol. The summed E-state index contributed by atoms with van der Waals surface area (Å²) in [6.07, 6.45) is 0. The number of anilines is 1. The van der Waals surface area contributed by atoms with Gasteiger partial charge in [0, 0.05) is 29.7 Å². The van der Waals surface area contributed by atoms with Crippen LogP contribution in [0.3, 0.4) is 0 Å². The fourth-order valence-electron chi connectivity index (χ4n) is 2.08. The first-order valence-electron chi connectivity index (χ1n) is 5.42. The third kappa shape index (κ3) is 2.00. The standard InChI is InChI=1S/C12H13ClN2O2/c1-3-15-10-5-4-8(13)6-9(10)11(12(15)17)14-7(2)16/h4-6,11H,3H2,1-2H3,(H,14,16)/t11-/m0/s1. The fourth-order valence-corrected chi connectivity index (χ4v) is 2.26. The normalized spacial score (nSPS) is 18.2. The molecule has 0 bridgehead atoms. The molecule has 0 saturated carbocycles. The Labute approximate surface area is 105 Å². The zero-order valence-electron chi connectivity index (χ0n) is 9.66. The number of rotatable bonds is 2. The van der Waals surface area contributed by atoms with Crippen molar-refractivity contribution in [3.63, 3.8) is 0 Å². The molecule has 0 fully saturated rings. The van der Waals surface area contributed by atoms with Crippen molar-refractivity contribution >= 4 is 29.1 Å². The predicted octanol–water partition coefficient (Wildman–Crippen LogP) is 1.88. The zero-order valence-corrected chi connectivity index (χ0v) is 10.4. The molecule has 2 amide bonds. The number of halogens is 1. The van der Waals surface area contributed by atoms with E-state index in [1.807, 2.05) is 6.92 Å². The van der Waals surface area contributed by atoms with E-state index in [1.165, 1.54) is 6.92 Å². The number of fused-ring (bicyclic) bond motifs is 1. The molecule has 5 heteroatoms. The van der Waals surface area contributed by atoms with Crippen LogP contribution in [-0.4, -0.2) is 18.4 Å². The van der Waals surface area contributed by atoms with Gasteiger partial charge in [0.25, 0.3) is 5.91 Å². The maximum absolute atomic E-state index is 12.1. The van der Waals surface area contributed by atoms with Crippen molar-refractivity contribution < 1.29 is 9.59 Å². The monoisotopic (exact) mass is 252 g/mol. The second-order valence-electron chi connectivity index (χ2n) is 3.92. The fraction of sp³-hybridized carbons (Fsp3) is 0.333. The van der Waals surface area contributed by atoms with Gasteiger partial charge in [0.05, 0.1) is 0 Å². The minimum Gasteiger partial charge on any atom is -0.341 e. The second kappa shape index (κ2) is 4.37. The molecule has 1 atom stereocenters. The molecule has 4 nitrogen and oxygen atoms in total. The summed E-state index contributed by atoms with van der Waals surface area (Å²) in [7, 11) is 0. The lowest BCUT2D eigenvalue weighted by molar-refractivity contribution is -0.126. The van der Waals surface area contributed by atoms with Crippen LogP contribution in [0.1, 0.15) is 25.5 Å². The Morgan fingerprint density at radius 2 is 2.24 bits per heavy atom. The van der Waals surface area contributed by atoms with Crippen molar-refractivity contribution in [2.75, 3.05) is 11.4 Å². The molecular formula is C12H13ClN2O2. The Bertz CT molecular complexity index is 487. The van der Waals surface area contributed by atoms with Gasteiger partial charge in [-0.2, -0.15) is 0 Å². The third-order valence-corrected chi connectivity index (χ3v) is 3.00. The highest BCUT2D eigenvalue weighted by atomic mass is 35.5. The molecule has 0 aliphatic carbocycles. The summed E-state index contributed by atoms with van der Waals surface area (Å²) in [5.74, 6) is -0.341. The Hall–Kier alpha value is -1.55. The van der Waals surface area contributed by atoms with Gasteiger partial charge in [0.1, 0.15) is 6.04 Å². The quantitative estimate of drug-likeness (QED) is 0.874. The van der Waals surface area contributed by atoms with E-state index in [9.17, 15) is 9.59 Å². The number of amides is 2. The SMILES string of the molecule is CCN1C(=O)[C@@H](NC(C)=O)c2cc(Cl)ccc21. The van der Waals surface area contributed by atoms with Crippen LogP contribution < -0.4 is 10.2 Å². The average Bonchev–Trinajstić information content (AvgIpc) is 2.51. The van der Waals surface area contributed by atoms with Crippen molar-refractivity contribution in [2.24, 2.45) is 0 Å². The highest BCUT2D eigenvalue weighted by molar-refractivity contribution is 6.31. The molecule has 0 spiro atoms. The van der Waals surface area contributed by atoms with Gasteiger partial charge in [-0.25, -0.2) is 0 Å². The summed E-state index contributed by atoms with van der Waals surface area (Å²) in [4.78, 5) is 24.9. The van der Waals surface area contributed by atoms with Gasteiger partial charge in [-0.3, -0.25) is 9.59 Å². The van der Waals surface area contributed by atoms with E-state index in [2.05, 4.69) is 5.32 Å². The highest BCUT2D eigenvalue weighted by Gasteiger charge is 2.36. The van der Waals surface area contributed by atoms with Crippen LogP contribution in [-0.2, 0) is 9.59 Å². The maximum atomic E-state index is 12.1. The van der Waals surface area contributed by atoms with Gasteiger partial charge >= 0.3 is 0 Å². The lowest BCUT2D eigenvalue weighted by Gasteiger charge is -2.15. The summed E-state index contributed by atoms with van der Waals surface area (Å²) in [5, 5.41) is 3.21. The first-order chi connectivity index (χ1) is 8.04. The molecule has 1 aromatic carbocycles. The van der Waals surface area contributed by atoms with E-state index in [-0.39, 0.29) is 11.8 Å². The summed E-state index contributed by atoms with van der Waals surface area (Å²) in [5.41, 5.74) is 1.58. The maximum Gasteiger partial charge on any atom is 0.254 e. The summed E-state index contributed by atoms with van der Waals surface area (Å²) < 4.78 is 0. The summed E-state index contributed by atoms with van der Waals surface area (Å²) in [6.45, 7) is 3.86. The Morgan fingerprint density at radius 3 is 2.82 bits per heavy atom. The van der Waals surface area contributed by atoms with Crippen LogP contribution in [0, 0.1) is 0 Å². The molecule has 1 aliphatic rings. The number of hydrogen-bond acceptors (Lipinski definition) is 2. The molecule has 0 saturated heterocycles. The molecule has 2 rings (SSSR count). The Balaban J connectivity index is 2.47. The highest BCUT2D eigenvalue weighted by Crippen LogP contribution is 2.37. The van der Waals surface area contributed by atoms with E-state index in [0.717, 1.165) is 11.3 Å². The number of hydrogen-bond donors (Lipinski definition) is 1. The van der Waals surface area contributed by atoms with Crippen LogP contribution in [0.5, 0.6) is 0 Å². The first kappa shape index (κ1) is 11.9. The van der Waals surface area contributed by atoms with Gasteiger partial charge in [-0.05, 0) is 25.1 Å². The van der Waals surface area contributed by atoms with E-state index < -0.39 is 6.04 Å². The van der Waals surface area contributed by atoms with Gasteiger partial charge in [-0.15, -0.1) is 0 Å². The minimum atomic E-state index is -0.610. The molecule has 90 valence electrons. The molecular weight excluding hydrogens is 240 g/mol. The van der Waals surface area contributed by atoms with Crippen LogP contribution in [0.4, 0.5) is 5.69 Å². The topological polar surface area (TPSA) is 49.4 Å². The number of carbonyl (C=O) groups excluding carboxylic acids is 2. The van der Waals surface area contributed by atoms with Crippen molar-refractivity contribution in [2.45, 2.75) is 19.9 Å². The average molecular weight is 253 g/mol. The molecule has 0 unspecified atom stereocenters. The molecule has 0 radical (unpaired) electrons. The van der Waals surface area contributed by atoms with Crippen molar-refractivity contribution in [3.05, 3.63) is 28.8 Å². The van der Waals surface area contributed by atoms with Crippen molar-refractivity contribution in [1.29, 1.82) is 0 Å². The summed E-state index contributed by atoms with van der Waals surface area (Å²) >= 11 is 5.92. The Morgan fingerprint density at radius 1 is 1.53 bits per heavy atom. The second-order valence-corrected chi connectivity index (χ2v) is 4.36. The number of carbonyl (C=O) groups is 2. The molecule has 0 aromatic heterocycles. The van der Waals surface area contributed by atoms with Gasteiger partial charge in [-0.1, -0.05) is 11.6 Å². The number of nitrogens with zero attached hydrogens (tertiary/aromatic N) is 1. The van der Waals surface area contributed by atoms with Crippen molar-refractivity contribution in [1.82, 2.24) is 5.32 Å². The largest absolute Gasteiger partial charge is 0.341 e. The number of nitrogens with one attached hydrogen (secondary N) is 1. The van der Waals surface area contributed by atoms with E-state index in [4.69, 9.17) is 11.6 Å². The van der Waals surface area contributed by atoms with Crippen molar-refractivity contribution in [3.8, 4) is 0 Å². The third-order valence-electron chi connectivity index (χ3n) is 2.77. The zero-order chi connectivity index (χ0) is 12.6. The molecule has 17 heavy (non-hydrogen) atoms. The molecule has 1 aromatic rings.